The minimum atomic E-state index is -0.338. The molecule has 0 aliphatic heterocycles. The van der Waals surface area contributed by atoms with Crippen LogP contribution in [0.25, 0.3) is 0 Å². The Labute approximate surface area is 108 Å². The third-order valence-corrected chi connectivity index (χ3v) is 4.84. The first-order chi connectivity index (χ1) is 8.62. The minimum absolute atomic E-state index is 0.0935. The monoisotopic (exact) mass is 249 g/mol. The first-order valence-corrected chi connectivity index (χ1v) is 7.26. The highest BCUT2D eigenvalue weighted by Crippen LogP contribution is 2.41. The van der Waals surface area contributed by atoms with E-state index in [1.165, 1.54) is 32.1 Å². The molecule has 100 valence electrons. The van der Waals surface area contributed by atoms with Crippen LogP contribution in [-0.2, 0) is 11.0 Å². The Hall–Kier alpha value is -0.900. The molecule has 2 aliphatic carbocycles. The molecular formula is C14H23N3O. The van der Waals surface area contributed by atoms with Gasteiger partial charge < -0.3 is 10.3 Å². The fourth-order valence-electron chi connectivity index (χ4n) is 3.45. The molecule has 0 radical (unpaired) electrons. The zero-order valence-electron chi connectivity index (χ0n) is 11.2. The van der Waals surface area contributed by atoms with E-state index in [0.717, 1.165) is 37.4 Å². The van der Waals surface area contributed by atoms with Gasteiger partial charge in [-0.2, -0.15) is 4.98 Å². The number of hydrogen-bond acceptors (Lipinski definition) is 4. The molecule has 1 aromatic heterocycles. The molecule has 3 rings (SSSR count). The fraction of sp³-hybridized carbons (Fsp3) is 0.857. The van der Waals surface area contributed by atoms with Crippen molar-refractivity contribution < 1.29 is 4.52 Å². The molecule has 4 heteroatoms. The summed E-state index contributed by atoms with van der Waals surface area (Å²) in [5.41, 5.74) is 6.21. The Balaban J connectivity index is 1.84. The van der Waals surface area contributed by atoms with Crippen molar-refractivity contribution >= 4 is 0 Å². The van der Waals surface area contributed by atoms with Gasteiger partial charge in [-0.15, -0.1) is 0 Å². The van der Waals surface area contributed by atoms with Gasteiger partial charge in [-0.3, -0.25) is 0 Å². The van der Waals surface area contributed by atoms with Crippen molar-refractivity contribution in [1.29, 1.82) is 0 Å². The molecule has 1 heterocycles. The SMILES string of the molecule is CC1(c2nc(C3(N)CCCCC3)no2)CCCC1. The molecule has 2 aliphatic rings. The molecule has 0 bridgehead atoms. The van der Waals surface area contributed by atoms with Crippen molar-refractivity contribution in [2.75, 3.05) is 0 Å². The summed E-state index contributed by atoms with van der Waals surface area (Å²) in [6, 6.07) is 0. The summed E-state index contributed by atoms with van der Waals surface area (Å²) in [6.45, 7) is 2.24. The second kappa shape index (κ2) is 4.34. The van der Waals surface area contributed by atoms with Crippen LogP contribution >= 0.6 is 0 Å². The van der Waals surface area contributed by atoms with Gasteiger partial charge in [-0.05, 0) is 25.7 Å². The molecule has 0 unspecified atom stereocenters. The number of nitrogens with two attached hydrogens (primary N) is 1. The second-order valence-corrected chi connectivity index (χ2v) is 6.41. The van der Waals surface area contributed by atoms with Gasteiger partial charge >= 0.3 is 0 Å². The van der Waals surface area contributed by atoms with Crippen molar-refractivity contribution in [3.05, 3.63) is 11.7 Å². The van der Waals surface area contributed by atoms with Gasteiger partial charge in [-0.1, -0.05) is 44.2 Å². The van der Waals surface area contributed by atoms with E-state index in [2.05, 4.69) is 17.1 Å². The van der Waals surface area contributed by atoms with Gasteiger partial charge in [0.1, 0.15) is 0 Å². The number of nitrogens with zero attached hydrogens (tertiary/aromatic N) is 2. The summed E-state index contributed by atoms with van der Waals surface area (Å²) >= 11 is 0. The van der Waals surface area contributed by atoms with E-state index in [4.69, 9.17) is 10.3 Å². The Kier molecular flexibility index (Phi) is 2.93. The fourth-order valence-corrected chi connectivity index (χ4v) is 3.45. The lowest BCUT2D eigenvalue weighted by molar-refractivity contribution is 0.264. The van der Waals surface area contributed by atoms with Gasteiger partial charge in [0.2, 0.25) is 5.89 Å². The molecule has 0 atom stereocenters. The van der Waals surface area contributed by atoms with Crippen molar-refractivity contribution in [2.24, 2.45) is 5.73 Å². The van der Waals surface area contributed by atoms with Crippen LogP contribution in [-0.4, -0.2) is 10.1 Å². The van der Waals surface area contributed by atoms with Gasteiger partial charge in [0.05, 0.1) is 5.54 Å². The summed E-state index contributed by atoms with van der Waals surface area (Å²) in [5.74, 6) is 1.55. The van der Waals surface area contributed by atoms with Crippen LogP contribution in [0.3, 0.4) is 0 Å². The standard InChI is InChI=1S/C14H23N3O/c1-13(7-5-6-8-13)12-16-11(17-18-12)14(15)9-3-2-4-10-14/h2-10,15H2,1H3. The van der Waals surface area contributed by atoms with Crippen LogP contribution < -0.4 is 5.73 Å². The molecule has 1 aromatic rings. The zero-order chi connectivity index (χ0) is 12.6. The molecule has 0 spiro atoms. The van der Waals surface area contributed by atoms with Gasteiger partial charge in [0.15, 0.2) is 5.82 Å². The van der Waals surface area contributed by atoms with Crippen molar-refractivity contribution in [3.63, 3.8) is 0 Å². The highest BCUT2D eigenvalue weighted by atomic mass is 16.5. The Morgan fingerprint density at radius 2 is 1.61 bits per heavy atom. The highest BCUT2D eigenvalue weighted by Gasteiger charge is 2.39. The van der Waals surface area contributed by atoms with Crippen LogP contribution in [0, 0.1) is 0 Å². The van der Waals surface area contributed by atoms with Crippen molar-refractivity contribution in [1.82, 2.24) is 10.1 Å². The maximum Gasteiger partial charge on any atom is 0.232 e. The molecule has 4 nitrogen and oxygen atoms in total. The maximum absolute atomic E-state index is 6.45. The van der Waals surface area contributed by atoms with Gasteiger partial charge in [0.25, 0.3) is 0 Å². The Morgan fingerprint density at radius 1 is 1.00 bits per heavy atom. The van der Waals surface area contributed by atoms with Crippen LogP contribution in [0.4, 0.5) is 0 Å². The lowest BCUT2D eigenvalue weighted by Gasteiger charge is -2.29. The van der Waals surface area contributed by atoms with Crippen molar-refractivity contribution in [3.8, 4) is 0 Å². The summed E-state index contributed by atoms with van der Waals surface area (Å²) in [5, 5.41) is 4.19. The molecule has 18 heavy (non-hydrogen) atoms. The first-order valence-electron chi connectivity index (χ1n) is 7.26. The average Bonchev–Trinajstić information content (AvgIpc) is 2.99. The summed E-state index contributed by atoms with van der Waals surface area (Å²) in [6.07, 6.45) is 10.5. The van der Waals surface area contributed by atoms with E-state index in [-0.39, 0.29) is 11.0 Å². The van der Waals surface area contributed by atoms with Crippen LogP contribution in [0.2, 0.25) is 0 Å². The number of hydrogen-bond donors (Lipinski definition) is 1. The van der Waals surface area contributed by atoms with Crippen molar-refractivity contribution in [2.45, 2.75) is 75.7 Å². The zero-order valence-corrected chi connectivity index (χ0v) is 11.2. The smallest absolute Gasteiger partial charge is 0.232 e. The third-order valence-electron chi connectivity index (χ3n) is 4.84. The predicted octanol–water partition coefficient (Wildman–Crippen LogP) is 3.02. The molecular weight excluding hydrogens is 226 g/mol. The van der Waals surface area contributed by atoms with E-state index < -0.39 is 0 Å². The highest BCUT2D eigenvalue weighted by molar-refractivity contribution is 5.11. The van der Waals surface area contributed by atoms with Gasteiger partial charge in [0, 0.05) is 5.41 Å². The quantitative estimate of drug-likeness (QED) is 0.875. The van der Waals surface area contributed by atoms with Gasteiger partial charge in [-0.25, -0.2) is 0 Å². The second-order valence-electron chi connectivity index (χ2n) is 6.41. The molecule has 0 aromatic carbocycles. The molecule has 2 saturated carbocycles. The van der Waals surface area contributed by atoms with E-state index in [9.17, 15) is 0 Å². The average molecular weight is 249 g/mol. The summed E-state index contributed by atoms with van der Waals surface area (Å²) < 4.78 is 5.53. The Bertz CT molecular complexity index is 414. The normalized spacial score (nSPS) is 26.3. The first kappa shape index (κ1) is 12.2. The number of rotatable bonds is 2. The molecule has 0 saturated heterocycles. The largest absolute Gasteiger partial charge is 0.339 e. The van der Waals surface area contributed by atoms with Crippen LogP contribution in [0.5, 0.6) is 0 Å². The van der Waals surface area contributed by atoms with E-state index in [0.29, 0.717) is 0 Å². The summed E-state index contributed by atoms with van der Waals surface area (Å²) in [4.78, 5) is 4.66. The molecule has 2 fully saturated rings. The number of aromatic nitrogens is 2. The molecule has 2 N–H and O–H groups in total. The molecule has 0 amide bonds. The lowest BCUT2D eigenvalue weighted by atomic mass is 9.82. The minimum Gasteiger partial charge on any atom is -0.339 e. The van der Waals surface area contributed by atoms with E-state index >= 15 is 0 Å². The topological polar surface area (TPSA) is 64.9 Å². The predicted molar refractivity (Wildman–Crippen MR) is 69.1 cm³/mol. The maximum atomic E-state index is 6.45. The van der Waals surface area contributed by atoms with Crippen LogP contribution in [0.15, 0.2) is 4.52 Å². The Morgan fingerprint density at radius 3 is 2.28 bits per heavy atom. The summed E-state index contributed by atoms with van der Waals surface area (Å²) in [7, 11) is 0. The van der Waals surface area contributed by atoms with E-state index in [1.54, 1.807) is 0 Å². The van der Waals surface area contributed by atoms with E-state index in [1.807, 2.05) is 0 Å². The lowest BCUT2D eigenvalue weighted by Crippen LogP contribution is -2.39. The third kappa shape index (κ3) is 1.96. The van der Waals surface area contributed by atoms with Crippen LogP contribution in [0.1, 0.15) is 76.4 Å².